The maximum atomic E-state index is 11.7. The lowest BCUT2D eigenvalue weighted by atomic mass is 10.0. The first-order chi connectivity index (χ1) is 14.7. The Bertz CT molecular complexity index is 1030. The molecule has 4 nitrogen and oxygen atoms in total. The molecule has 0 saturated carbocycles. The van der Waals surface area contributed by atoms with Gasteiger partial charge in [0.2, 0.25) is 5.91 Å². The Morgan fingerprint density at radius 2 is 1.84 bits per heavy atom. The molecule has 0 unspecified atom stereocenters. The van der Waals surface area contributed by atoms with Crippen molar-refractivity contribution in [3.8, 4) is 5.75 Å². The van der Waals surface area contributed by atoms with Gasteiger partial charge in [-0.15, -0.1) is 12.4 Å². The molecule has 1 aliphatic rings. The predicted molar refractivity (Wildman–Crippen MR) is 129 cm³/mol. The number of carbonyl (C=O) groups excluding carboxylic acids is 1. The van der Waals surface area contributed by atoms with Gasteiger partial charge in [0, 0.05) is 42.2 Å². The molecule has 3 aromatic rings. The van der Waals surface area contributed by atoms with E-state index in [-0.39, 0.29) is 12.4 Å². The second kappa shape index (κ2) is 11.4. The minimum atomic E-state index is 0. The van der Waals surface area contributed by atoms with Gasteiger partial charge in [0.05, 0.1) is 0 Å². The molecule has 0 radical (unpaired) electrons. The van der Waals surface area contributed by atoms with Crippen molar-refractivity contribution in [3.05, 3.63) is 76.8 Å². The molecular weight excluding hydrogens is 431 g/mol. The van der Waals surface area contributed by atoms with Crippen LogP contribution in [0.15, 0.2) is 60.7 Å². The Morgan fingerprint density at radius 1 is 1.03 bits per heavy atom. The van der Waals surface area contributed by atoms with Crippen molar-refractivity contribution in [2.75, 3.05) is 19.6 Å². The number of nitrogens with one attached hydrogen (secondary N) is 1. The number of rotatable bonds is 9. The highest BCUT2D eigenvalue weighted by Gasteiger charge is 2.19. The van der Waals surface area contributed by atoms with E-state index >= 15 is 0 Å². The van der Waals surface area contributed by atoms with Gasteiger partial charge in [0.15, 0.2) is 0 Å². The highest BCUT2D eigenvalue weighted by Crippen LogP contribution is 2.29. The van der Waals surface area contributed by atoms with Crippen molar-refractivity contribution in [3.63, 3.8) is 0 Å². The number of hydrogen-bond donors (Lipinski definition) is 1. The monoisotopic (exact) mass is 458 g/mol. The fourth-order valence-electron chi connectivity index (χ4n) is 3.95. The normalized spacial score (nSPS) is 13.5. The lowest BCUT2D eigenvalue weighted by molar-refractivity contribution is -0.127. The number of likely N-dealkylation sites (tertiary alicyclic amines) is 1. The van der Waals surface area contributed by atoms with E-state index in [1.165, 1.54) is 10.8 Å². The largest absolute Gasteiger partial charge is 0.488 e. The van der Waals surface area contributed by atoms with Gasteiger partial charge in [-0.3, -0.25) is 4.79 Å². The number of halogens is 2. The summed E-state index contributed by atoms with van der Waals surface area (Å²) in [7, 11) is 0. The summed E-state index contributed by atoms with van der Waals surface area (Å²) in [6, 6.07) is 20.3. The van der Waals surface area contributed by atoms with Crippen LogP contribution in [0, 0.1) is 0 Å². The molecule has 0 bridgehead atoms. The minimum absolute atomic E-state index is 0. The number of fused-ring (bicyclic) bond motifs is 1. The van der Waals surface area contributed by atoms with Crippen LogP contribution in [0.2, 0.25) is 5.02 Å². The van der Waals surface area contributed by atoms with Gasteiger partial charge >= 0.3 is 0 Å². The van der Waals surface area contributed by atoms with Crippen LogP contribution in [0.3, 0.4) is 0 Å². The lowest BCUT2D eigenvalue weighted by Gasteiger charge is -2.17. The number of ether oxygens (including phenoxy) is 1. The van der Waals surface area contributed by atoms with E-state index in [0.29, 0.717) is 25.5 Å². The third-order valence-electron chi connectivity index (χ3n) is 5.59. The fourth-order valence-corrected chi connectivity index (χ4v) is 4.14. The maximum Gasteiger partial charge on any atom is 0.222 e. The standard InChI is InChI=1S/C25H27ClN2O2.ClH/c26-23-10-4-2-8-20(23)18-30-24-13-12-19-7-1-3-9-21(19)22(24)17-27-14-6-16-28-15-5-11-25(28)29;/h1-4,7-10,12-13,27H,5-6,11,14-18H2;1H. The summed E-state index contributed by atoms with van der Waals surface area (Å²) >= 11 is 6.29. The van der Waals surface area contributed by atoms with Crippen molar-refractivity contribution in [1.82, 2.24) is 10.2 Å². The SMILES string of the molecule is Cl.O=C1CCCN1CCCNCc1c(OCc2ccccc2Cl)ccc2ccccc12. The Labute approximate surface area is 194 Å². The van der Waals surface area contributed by atoms with E-state index in [1.807, 2.05) is 35.2 Å². The van der Waals surface area contributed by atoms with Crippen molar-refractivity contribution in [1.29, 1.82) is 0 Å². The molecule has 1 heterocycles. The number of amides is 1. The Morgan fingerprint density at radius 3 is 2.65 bits per heavy atom. The van der Waals surface area contributed by atoms with Crippen LogP contribution >= 0.6 is 24.0 Å². The zero-order valence-corrected chi connectivity index (χ0v) is 19.1. The van der Waals surface area contributed by atoms with E-state index < -0.39 is 0 Å². The molecular formula is C25H28Cl2N2O2. The summed E-state index contributed by atoms with van der Waals surface area (Å²) in [6.45, 7) is 3.74. The first-order valence-electron chi connectivity index (χ1n) is 10.6. The van der Waals surface area contributed by atoms with E-state index in [1.54, 1.807) is 0 Å². The zero-order valence-electron chi connectivity index (χ0n) is 17.5. The topological polar surface area (TPSA) is 41.6 Å². The van der Waals surface area contributed by atoms with Gasteiger partial charge in [-0.2, -0.15) is 0 Å². The van der Waals surface area contributed by atoms with E-state index in [9.17, 15) is 4.79 Å². The molecule has 3 aromatic carbocycles. The van der Waals surface area contributed by atoms with Gasteiger partial charge in [-0.1, -0.05) is 60.1 Å². The van der Waals surface area contributed by atoms with Crippen LogP contribution in [-0.4, -0.2) is 30.4 Å². The van der Waals surface area contributed by atoms with Crippen LogP contribution in [0.1, 0.15) is 30.4 Å². The van der Waals surface area contributed by atoms with E-state index in [0.717, 1.165) is 54.4 Å². The Hall–Kier alpha value is -2.27. The maximum absolute atomic E-state index is 11.7. The quantitative estimate of drug-likeness (QED) is 0.424. The molecule has 0 atom stereocenters. The Kier molecular flexibility index (Phi) is 8.59. The van der Waals surface area contributed by atoms with E-state index in [2.05, 4.69) is 35.6 Å². The second-order valence-electron chi connectivity index (χ2n) is 7.66. The van der Waals surface area contributed by atoms with Crippen molar-refractivity contribution in [2.45, 2.75) is 32.4 Å². The van der Waals surface area contributed by atoms with Crippen molar-refractivity contribution >= 4 is 40.7 Å². The Balaban J connectivity index is 0.00000272. The average Bonchev–Trinajstić information content (AvgIpc) is 3.18. The lowest BCUT2D eigenvalue weighted by Crippen LogP contribution is -2.28. The summed E-state index contributed by atoms with van der Waals surface area (Å²) in [5, 5.41) is 6.64. The predicted octanol–water partition coefficient (Wildman–Crippen LogP) is 5.60. The zero-order chi connectivity index (χ0) is 20.8. The van der Waals surface area contributed by atoms with Gasteiger partial charge in [-0.05, 0) is 42.3 Å². The molecule has 1 N–H and O–H groups in total. The van der Waals surface area contributed by atoms with E-state index in [4.69, 9.17) is 16.3 Å². The number of nitrogens with zero attached hydrogens (tertiary/aromatic N) is 1. The second-order valence-corrected chi connectivity index (χ2v) is 8.07. The smallest absolute Gasteiger partial charge is 0.222 e. The van der Waals surface area contributed by atoms with Crippen LogP contribution in [0.5, 0.6) is 5.75 Å². The summed E-state index contributed by atoms with van der Waals surface area (Å²) in [5.74, 6) is 1.16. The van der Waals surface area contributed by atoms with Gasteiger partial charge in [-0.25, -0.2) is 0 Å². The summed E-state index contributed by atoms with van der Waals surface area (Å²) in [5.41, 5.74) is 2.12. The highest BCUT2D eigenvalue weighted by atomic mass is 35.5. The number of benzene rings is 3. The molecule has 0 aromatic heterocycles. The van der Waals surface area contributed by atoms with Crippen molar-refractivity contribution in [2.24, 2.45) is 0 Å². The molecule has 1 aliphatic heterocycles. The molecule has 0 aliphatic carbocycles. The minimum Gasteiger partial charge on any atom is -0.488 e. The van der Waals surface area contributed by atoms with Crippen LogP contribution in [-0.2, 0) is 17.9 Å². The molecule has 4 rings (SSSR count). The molecule has 164 valence electrons. The summed E-state index contributed by atoms with van der Waals surface area (Å²) < 4.78 is 6.19. The average molecular weight is 459 g/mol. The molecule has 1 amide bonds. The third-order valence-corrected chi connectivity index (χ3v) is 5.96. The first-order valence-corrected chi connectivity index (χ1v) is 11.0. The molecule has 0 spiro atoms. The summed E-state index contributed by atoms with van der Waals surface area (Å²) in [4.78, 5) is 13.7. The van der Waals surface area contributed by atoms with Gasteiger partial charge in [0.25, 0.3) is 0 Å². The number of hydrogen-bond acceptors (Lipinski definition) is 3. The van der Waals surface area contributed by atoms with Crippen LogP contribution in [0.25, 0.3) is 10.8 Å². The highest BCUT2D eigenvalue weighted by molar-refractivity contribution is 6.31. The molecule has 1 fully saturated rings. The molecule has 1 saturated heterocycles. The van der Waals surface area contributed by atoms with Crippen molar-refractivity contribution < 1.29 is 9.53 Å². The van der Waals surface area contributed by atoms with Crippen LogP contribution < -0.4 is 10.1 Å². The summed E-state index contributed by atoms with van der Waals surface area (Å²) in [6.07, 6.45) is 2.65. The number of carbonyl (C=O) groups is 1. The third kappa shape index (κ3) is 5.91. The molecule has 6 heteroatoms. The molecule has 31 heavy (non-hydrogen) atoms. The fraction of sp³-hybridized carbons (Fsp3) is 0.320. The van der Waals surface area contributed by atoms with Crippen LogP contribution in [0.4, 0.5) is 0 Å². The first kappa shape index (κ1) is 23.4. The van der Waals surface area contributed by atoms with Gasteiger partial charge < -0.3 is 15.0 Å². The van der Waals surface area contributed by atoms with Gasteiger partial charge in [0.1, 0.15) is 12.4 Å².